The molecule has 1 aliphatic rings. The molecule has 5 nitrogen and oxygen atoms in total. The minimum atomic E-state index is -3.15. The summed E-state index contributed by atoms with van der Waals surface area (Å²) in [7, 11) is -3.15. The number of nitrogens with one attached hydrogen (secondary N) is 2. The Labute approximate surface area is 118 Å². The van der Waals surface area contributed by atoms with Crippen LogP contribution in [0.4, 0.5) is 0 Å². The van der Waals surface area contributed by atoms with E-state index in [1.807, 2.05) is 6.92 Å². The summed E-state index contributed by atoms with van der Waals surface area (Å²) in [4.78, 5) is 2.35. The highest BCUT2D eigenvalue weighted by Gasteiger charge is 2.18. The van der Waals surface area contributed by atoms with Gasteiger partial charge in [-0.3, -0.25) is 0 Å². The van der Waals surface area contributed by atoms with Crippen LogP contribution >= 0.6 is 0 Å². The van der Waals surface area contributed by atoms with Crippen LogP contribution in [0.25, 0.3) is 0 Å². The van der Waals surface area contributed by atoms with Crippen molar-refractivity contribution in [3.63, 3.8) is 0 Å². The molecule has 1 heterocycles. The lowest BCUT2D eigenvalue weighted by atomic mass is 10.1. The number of piperidine rings is 1. The molecule has 1 unspecified atom stereocenters. The highest BCUT2D eigenvalue weighted by atomic mass is 32.2. The Balaban J connectivity index is 2.23. The van der Waals surface area contributed by atoms with E-state index >= 15 is 0 Å². The van der Waals surface area contributed by atoms with Crippen LogP contribution in [0.5, 0.6) is 0 Å². The van der Waals surface area contributed by atoms with E-state index in [1.54, 1.807) is 0 Å². The fraction of sp³-hybridized carbons (Fsp3) is 1.00. The van der Waals surface area contributed by atoms with Crippen molar-refractivity contribution in [3.05, 3.63) is 0 Å². The minimum Gasteiger partial charge on any atom is -0.316 e. The standard InChI is InChI=1S/C13H29N3O2S/c1-3-7-14-8-11-19(17,18)15-13(2)12-16-9-5-4-6-10-16/h13-15H,3-12H2,1-2H3. The Bertz CT molecular complexity index is 327. The van der Waals surface area contributed by atoms with Gasteiger partial charge in [0.1, 0.15) is 0 Å². The molecular formula is C13H29N3O2S. The summed E-state index contributed by atoms with van der Waals surface area (Å²) in [6.07, 6.45) is 4.80. The van der Waals surface area contributed by atoms with Crippen LogP contribution in [0.1, 0.15) is 39.5 Å². The summed E-state index contributed by atoms with van der Waals surface area (Å²) in [5.74, 6) is 0.164. The zero-order valence-electron chi connectivity index (χ0n) is 12.3. The molecule has 2 N–H and O–H groups in total. The van der Waals surface area contributed by atoms with E-state index in [4.69, 9.17) is 0 Å². The van der Waals surface area contributed by atoms with E-state index in [1.165, 1.54) is 19.3 Å². The molecular weight excluding hydrogens is 262 g/mol. The molecule has 0 aromatic carbocycles. The maximum Gasteiger partial charge on any atom is 0.213 e. The SMILES string of the molecule is CCCNCCS(=O)(=O)NC(C)CN1CCCCC1. The first-order valence-electron chi connectivity index (χ1n) is 7.46. The van der Waals surface area contributed by atoms with E-state index in [-0.39, 0.29) is 11.8 Å². The third kappa shape index (κ3) is 7.87. The lowest BCUT2D eigenvalue weighted by Gasteiger charge is -2.29. The van der Waals surface area contributed by atoms with Gasteiger partial charge in [0.2, 0.25) is 10.0 Å². The Hall–Kier alpha value is -0.170. The van der Waals surface area contributed by atoms with E-state index in [0.29, 0.717) is 6.54 Å². The number of nitrogens with zero attached hydrogens (tertiary/aromatic N) is 1. The monoisotopic (exact) mass is 291 g/mol. The third-order valence-corrected chi connectivity index (χ3v) is 4.84. The zero-order valence-corrected chi connectivity index (χ0v) is 13.1. The molecule has 1 aliphatic heterocycles. The summed E-state index contributed by atoms with van der Waals surface area (Å²) in [5.41, 5.74) is 0. The van der Waals surface area contributed by atoms with Gasteiger partial charge in [0.25, 0.3) is 0 Å². The van der Waals surface area contributed by atoms with E-state index in [2.05, 4.69) is 21.9 Å². The highest BCUT2D eigenvalue weighted by Crippen LogP contribution is 2.08. The zero-order chi connectivity index (χ0) is 14.1. The molecule has 0 bridgehead atoms. The van der Waals surface area contributed by atoms with Gasteiger partial charge in [-0.15, -0.1) is 0 Å². The van der Waals surface area contributed by atoms with Crippen molar-refractivity contribution in [2.75, 3.05) is 38.5 Å². The van der Waals surface area contributed by atoms with E-state index in [9.17, 15) is 8.42 Å². The second-order valence-electron chi connectivity index (χ2n) is 5.45. The normalized spacial score (nSPS) is 19.5. The first kappa shape index (κ1) is 16.9. The quantitative estimate of drug-likeness (QED) is 0.616. The van der Waals surface area contributed by atoms with Crippen LogP contribution in [0.3, 0.4) is 0 Å². The summed E-state index contributed by atoms with van der Waals surface area (Å²) < 4.78 is 26.5. The Morgan fingerprint density at radius 3 is 2.47 bits per heavy atom. The van der Waals surface area contributed by atoms with Gasteiger partial charge in [-0.05, 0) is 45.8 Å². The molecule has 0 aliphatic carbocycles. The van der Waals surface area contributed by atoms with Crippen molar-refractivity contribution in [3.8, 4) is 0 Å². The maximum absolute atomic E-state index is 11.9. The second kappa shape index (κ2) is 8.89. The summed E-state index contributed by atoms with van der Waals surface area (Å²) in [6.45, 7) is 8.44. The Kier molecular flexibility index (Phi) is 7.90. The molecule has 0 aromatic heterocycles. The maximum atomic E-state index is 11.9. The molecule has 1 rings (SSSR count). The van der Waals surface area contributed by atoms with Crippen LogP contribution in [0.15, 0.2) is 0 Å². The van der Waals surface area contributed by atoms with Crippen molar-refractivity contribution < 1.29 is 8.42 Å². The van der Waals surface area contributed by atoms with E-state index < -0.39 is 10.0 Å². The van der Waals surface area contributed by atoms with Crippen molar-refractivity contribution in [2.24, 2.45) is 0 Å². The predicted molar refractivity (Wildman–Crippen MR) is 79.8 cm³/mol. The van der Waals surface area contributed by atoms with Crippen LogP contribution in [0.2, 0.25) is 0 Å². The summed E-state index contributed by atoms with van der Waals surface area (Å²) in [5, 5.41) is 3.12. The van der Waals surface area contributed by atoms with Crippen molar-refractivity contribution >= 4 is 10.0 Å². The second-order valence-corrected chi connectivity index (χ2v) is 7.32. The average Bonchev–Trinajstić information content (AvgIpc) is 2.35. The van der Waals surface area contributed by atoms with Gasteiger partial charge < -0.3 is 10.2 Å². The molecule has 1 saturated heterocycles. The number of hydrogen-bond donors (Lipinski definition) is 2. The lowest BCUT2D eigenvalue weighted by molar-refractivity contribution is 0.215. The molecule has 114 valence electrons. The van der Waals surface area contributed by atoms with Gasteiger partial charge in [-0.25, -0.2) is 13.1 Å². The smallest absolute Gasteiger partial charge is 0.213 e. The molecule has 0 spiro atoms. The van der Waals surface area contributed by atoms with Gasteiger partial charge in [0.15, 0.2) is 0 Å². The molecule has 0 amide bonds. The molecule has 6 heteroatoms. The fourth-order valence-electron chi connectivity index (χ4n) is 2.44. The van der Waals surface area contributed by atoms with Crippen LogP contribution in [0, 0.1) is 0 Å². The topological polar surface area (TPSA) is 61.4 Å². The highest BCUT2D eigenvalue weighted by molar-refractivity contribution is 7.89. The molecule has 1 fully saturated rings. The van der Waals surface area contributed by atoms with Gasteiger partial charge >= 0.3 is 0 Å². The Morgan fingerprint density at radius 2 is 1.84 bits per heavy atom. The number of rotatable bonds is 9. The van der Waals surface area contributed by atoms with Crippen molar-refractivity contribution in [1.29, 1.82) is 0 Å². The molecule has 0 aromatic rings. The third-order valence-electron chi connectivity index (χ3n) is 3.34. The summed E-state index contributed by atoms with van der Waals surface area (Å²) >= 11 is 0. The van der Waals surface area contributed by atoms with Crippen molar-refractivity contribution in [2.45, 2.75) is 45.6 Å². The molecule has 1 atom stereocenters. The van der Waals surface area contributed by atoms with Crippen LogP contribution in [-0.4, -0.2) is 57.8 Å². The first-order chi connectivity index (χ1) is 9.03. The van der Waals surface area contributed by atoms with Gasteiger partial charge in [0.05, 0.1) is 5.75 Å². The lowest BCUT2D eigenvalue weighted by Crippen LogP contribution is -2.45. The number of sulfonamides is 1. The van der Waals surface area contributed by atoms with Gasteiger partial charge in [0, 0.05) is 19.1 Å². The van der Waals surface area contributed by atoms with E-state index in [0.717, 1.165) is 32.6 Å². The minimum absolute atomic E-state index is 0.00530. The van der Waals surface area contributed by atoms with Gasteiger partial charge in [-0.2, -0.15) is 0 Å². The number of hydrogen-bond acceptors (Lipinski definition) is 4. The Morgan fingerprint density at radius 1 is 1.16 bits per heavy atom. The fourth-order valence-corrected chi connectivity index (χ4v) is 3.66. The average molecular weight is 291 g/mol. The largest absolute Gasteiger partial charge is 0.316 e. The molecule has 0 radical (unpaired) electrons. The first-order valence-corrected chi connectivity index (χ1v) is 9.12. The molecule has 0 saturated carbocycles. The van der Waals surface area contributed by atoms with Crippen LogP contribution in [-0.2, 0) is 10.0 Å². The van der Waals surface area contributed by atoms with Gasteiger partial charge in [-0.1, -0.05) is 13.3 Å². The number of likely N-dealkylation sites (tertiary alicyclic amines) is 1. The molecule has 19 heavy (non-hydrogen) atoms. The van der Waals surface area contributed by atoms with Crippen LogP contribution < -0.4 is 10.0 Å². The predicted octanol–water partition coefficient (Wildman–Crippen LogP) is 0.780. The summed E-state index contributed by atoms with van der Waals surface area (Å²) in [6, 6.07) is -0.00530. The van der Waals surface area contributed by atoms with Crippen molar-refractivity contribution in [1.82, 2.24) is 14.9 Å².